The van der Waals surface area contributed by atoms with Crippen molar-refractivity contribution < 1.29 is 18.7 Å². The Hall–Kier alpha value is -3.32. The van der Waals surface area contributed by atoms with Crippen molar-refractivity contribution in [2.75, 3.05) is 6.61 Å². The number of rotatable bonds is 3. The summed E-state index contributed by atoms with van der Waals surface area (Å²) in [5, 5.41) is 3.49. The summed E-state index contributed by atoms with van der Waals surface area (Å²) in [6, 6.07) is 13.9. The molecule has 2 aliphatic heterocycles. The fourth-order valence-corrected chi connectivity index (χ4v) is 3.91. The number of nitrogens with zero attached hydrogens (tertiary/aromatic N) is 2. The number of carbonyl (C=O) groups is 2. The summed E-state index contributed by atoms with van der Waals surface area (Å²) < 4.78 is 11.2. The summed E-state index contributed by atoms with van der Waals surface area (Å²) >= 11 is 5.91. The lowest BCUT2D eigenvalue weighted by molar-refractivity contribution is -0.133. The van der Waals surface area contributed by atoms with Crippen LogP contribution < -0.4 is 10.1 Å². The molecule has 29 heavy (non-hydrogen) atoms. The molecule has 8 heteroatoms. The molecule has 0 aliphatic carbocycles. The lowest BCUT2D eigenvalue weighted by atomic mass is 9.84. The second-order valence-corrected chi connectivity index (χ2v) is 7.41. The average molecular weight is 410 g/mol. The highest BCUT2D eigenvalue weighted by Crippen LogP contribution is 2.41. The standard InChI is InChI=1S/C21H16ClN3O4/c22-14-7-5-13(6-8-14)18-23-15(12-29-18)11-25-19(26)21(24-20(25)27)9-10-28-17-4-2-1-3-16(17)21/h1-8,12H,9-11H2,(H,24,27). The van der Waals surface area contributed by atoms with Crippen LogP contribution in [0.2, 0.25) is 5.02 Å². The number of benzene rings is 2. The van der Waals surface area contributed by atoms with Crippen molar-refractivity contribution in [3.05, 3.63) is 71.1 Å². The molecular formula is C21H16ClN3O4. The first-order chi connectivity index (χ1) is 14.1. The minimum absolute atomic E-state index is 0.0204. The lowest BCUT2D eigenvalue weighted by Crippen LogP contribution is -2.47. The molecular weight excluding hydrogens is 394 g/mol. The number of amides is 3. The highest BCUT2D eigenvalue weighted by atomic mass is 35.5. The van der Waals surface area contributed by atoms with Gasteiger partial charge in [0.25, 0.3) is 5.91 Å². The zero-order valence-electron chi connectivity index (χ0n) is 15.2. The van der Waals surface area contributed by atoms with Gasteiger partial charge < -0.3 is 14.5 Å². The topological polar surface area (TPSA) is 84.7 Å². The Morgan fingerprint density at radius 3 is 2.76 bits per heavy atom. The van der Waals surface area contributed by atoms with Crippen molar-refractivity contribution in [1.82, 2.24) is 15.2 Å². The summed E-state index contributed by atoms with van der Waals surface area (Å²) in [6.45, 7) is 0.369. The number of urea groups is 1. The quantitative estimate of drug-likeness (QED) is 0.666. The predicted octanol–water partition coefficient (Wildman–Crippen LogP) is 3.72. The number of nitrogens with one attached hydrogen (secondary N) is 1. The Bertz CT molecular complexity index is 1110. The molecule has 0 bridgehead atoms. The van der Waals surface area contributed by atoms with E-state index in [0.717, 1.165) is 5.56 Å². The molecule has 1 aromatic heterocycles. The van der Waals surface area contributed by atoms with Crippen LogP contribution in [0.1, 0.15) is 17.7 Å². The third-order valence-corrected chi connectivity index (χ3v) is 5.47. The van der Waals surface area contributed by atoms with Gasteiger partial charge in [0, 0.05) is 22.6 Å². The van der Waals surface area contributed by atoms with Gasteiger partial charge in [-0.05, 0) is 30.3 Å². The highest BCUT2D eigenvalue weighted by Gasteiger charge is 2.54. The maximum Gasteiger partial charge on any atom is 0.325 e. The van der Waals surface area contributed by atoms with Crippen LogP contribution in [0.3, 0.4) is 0 Å². The van der Waals surface area contributed by atoms with Gasteiger partial charge in [-0.1, -0.05) is 29.8 Å². The first-order valence-electron chi connectivity index (χ1n) is 9.14. The largest absolute Gasteiger partial charge is 0.493 e. The number of oxazole rings is 1. The molecule has 0 saturated carbocycles. The van der Waals surface area contributed by atoms with Gasteiger partial charge >= 0.3 is 6.03 Å². The molecule has 7 nitrogen and oxygen atoms in total. The van der Waals surface area contributed by atoms with Gasteiger partial charge in [0.05, 0.1) is 18.8 Å². The summed E-state index contributed by atoms with van der Waals surface area (Å²) in [7, 11) is 0. The van der Waals surface area contributed by atoms with E-state index in [1.165, 1.54) is 11.2 Å². The SMILES string of the molecule is O=C1NC2(CCOc3ccccc32)C(=O)N1Cc1coc(-c2ccc(Cl)cc2)n1. The van der Waals surface area contributed by atoms with Gasteiger partial charge in [0.1, 0.15) is 12.0 Å². The second-order valence-electron chi connectivity index (χ2n) is 6.97. The normalized spacial score (nSPS) is 20.5. The van der Waals surface area contributed by atoms with Crippen LogP contribution in [0, 0.1) is 0 Å². The number of para-hydroxylation sites is 1. The Morgan fingerprint density at radius 2 is 1.93 bits per heavy atom. The third kappa shape index (κ3) is 2.86. The van der Waals surface area contributed by atoms with E-state index in [9.17, 15) is 9.59 Å². The Kier molecular flexibility index (Phi) is 4.06. The maximum absolute atomic E-state index is 13.3. The van der Waals surface area contributed by atoms with Gasteiger partial charge in [0.15, 0.2) is 5.54 Å². The van der Waals surface area contributed by atoms with E-state index in [0.29, 0.717) is 40.9 Å². The van der Waals surface area contributed by atoms with Crippen molar-refractivity contribution in [3.8, 4) is 17.2 Å². The Balaban J connectivity index is 1.42. The predicted molar refractivity (Wildman–Crippen MR) is 104 cm³/mol. The minimum Gasteiger partial charge on any atom is -0.493 e. The summed E-state index contributed by atoms with van der Waals surface area (Å²) in [4.78, 5) is 31.5. The molecule has 1 fully saturated rings. The molecule has 3 aromatic rings. The molecule has 5 rings (SSSR count). The van der Waals surface area contributed by atoms with Crippen LogP contribution in [-0.4, -0.2) is 28.4 Å². The number of hydrogen-bond donors (Lipinski definition) is 1. The molecule has 1 atom stereocenters. The first-order valence-corrected chi connectivity index (χ1v) is 9.51. The molecule has 1 N–H and O–H groups in total. The Morgan fingerprint density at radius 1 is 1.14 bits per heavy atom. The first kappa shape index (κ1) is 17.8. The fraction of sp³-hybridized carbons (Fsp3) is 0.190. The van der Waals surface area contributed by atoms with Crippen molar-refractivity contribution in [3.63, 3.8) is 0 Å². The van der Waals surface area contributed by atoms with Gasteiger partial charge in [0.2, 0.25) is 5.89 Å². The molecule has 0 radical (unpaired) electrons. The number of hydrogen-bond acceptors (Lipinski definition) is 5. The number of fused-ring (bicyclic) bond motifs is 2. The van der Waals surface area contributed by atoms with E-state index in [4.69, 9.17) is 20.8 Å². The minimum atomic E-state index is -1.10. The van der Waals surface area contributed by atoms with Crippen LogP contribution in [0.4, 0.5) is 4.79 Å². The van der Waals surface area contributed by atoms with E-state index in [-0.39, 0.29) is 12.5 Å². The molecule has 1 spiro atoms. The smallest absolute Gasteiger partial charge is 0.325 e. The van der Waals surface area contributed by atoms with Crippen molar-refractivity contribution in [2.45, 2.75) is 18.5 Å². The van der Waals surface area contributed by atoms with Gasteiger partial charge in [-0.15, -0.1) is 0 Å². The van der Waals surface area contributed by atoms with Crippen LogP contribution in [-0.2, 0) is 16.9 Å². The highest BCUT2D eigenvalue weighted by molar-refractivity contribution is 6.30. The van der Waals surface area contributed by atoms with Crippen molar-refractivity contribution in [1.29, 1.82) is 0 Å². The number of halogens is 1. The lowest BCUT2D eigenvalue weighted by Gasteiger charge is -2.33. The van der Waals surface area contributed by atoms with Crippen LogP contribution >= 0.6 is 11.6 Å². The third-order valence-electron chi connectivity index (χ3n) is 5.22. The number of imide groups is 1. The van der Waals surface area contributed by atoms with E-state index < -0.39 is 11.6 Å². The van der Waals surface area contributed by atoms with Crippen LogP contribution in [0.25, 0.3) is 11.5 Å². The van der Waals surface area contributed by atoms with Crippen LogP contribution in [0.15, 0.2) is 59.2 Å². The van der Waals surface area contributed by atoms with E-state index in [1.807, 2.05) is 18.2 Å². The number of ether oxygens (including phenoxy) is 1. The second kappa shape index (κ2) is 6.63. The number of aromatic nitrogens is 1. The monoisotopic (exact) mass is 409 g/mol. The fourth-order valence-electron chi connectivity index (χ4n) is 3.78. The zero-order chi connectivity index (χ0) is 20.0. The molecule has 3 heterocycles. The van der Waals surface area contributed by atoms with Gasteiger partial charge in [-0.25, -0.2) is 9.78 Å². The van der Waals surface area contributed by atoms with E-state index in [2.05, 4.69) is 10.3 Å². The van der Waals surface area contributed by atoms with Gasteiger partial charge in [-0.3, -0.25) is 9.69 Å². The van der Waals surface area contributed by atoms with Gasteiger partial charge in [-0.2, -0.15) is 0 Å². The summed E-state index contributed by atoms with van der Waals surface area (Å²) in [5.41, 5.74) is 0.812. The number of carbonyl (C=O) groups excluding carboxylic acids is 2. The summed E-state index contributed by atoms with van der Waals surface area (Å²) in [5.74, 6) is 0.699. The molecule has 2 aromatic carbocycles. The van der Waals surface area contributed by atoms with Crippen molar-refractivity contribution >= 4 is 23.5 Å². The molecule has 1 unspecified atom stereocenters. The molecule has 3 amide bonds. The van der Waals surface area contributed by atoms with E-state index in [1.54, 1.807) is 30.3 Å². The van der Waals surface area contributed by atoms with Crippen LogP contribution in [0.5, 0.6) is 5.75 Å². The van der Waals surface area contributed by atoms with Crippen molar-refractivity contribution in [2.24, 2.45) is 0 Å². The average Bonchev–Trinajstić information content (AvgIpc) is 3.29. The zero-order valence-corrected chi connectivity index (χ0v) is 16.0. The summed E-state index contributed by atoms with van der Waals surface area (Å²) in [6.07, 6.45) is 1.83. The molecule has 1 saturated heterocycles. The Labute approximate surface area is 171 Å². The van der Waals surface area contributed by atoms with E-state index >= 15 is 0 Å². The molecule has 2 aliphatic rings. The molecule has 146 valence electrons. The maximum atomic E-state index is 13.3.